The minimum absolute atomic E-state index is 0.329. The second-order valence-corrected chi connectivity index (χ2v) is 9.86. The van der Waals surface area contributed by atoms with Crippen LogP contribution in [-0.2, 0) is 10.3 Å². The lowest BCUT2D eigenvalue weighted by Gasteiger charge is -2.37. The van der Waals surface area contributed by atoms with Crippen LogP contribution >= 0.6 is 0 Å². The molecule has 0 aromatic heterocycles. The largest absolute Gasteiger partial charge is 0.456 e. The normalized spacial score (nSPS) is 17.2. The van der Waals surface area contributed by atoms with Crippen molar-refractivity contribution in [1.82, 2.24) is 0 Å². The van der Waals surface area contributed by atoms with Gasteiger partial charge in [-0.25, -0.2) is 4.79 Å². The Balaban J connectivity index is 1.54. The molecule has 1 unspecified atom stereocenters. The van der Waals surface area contributed by atoms with Crippen molar-refractivity contribution in [3.05, 3.63) is 113 Å². The van der Waals surface area contributed by atoms with E-state index in [1.165, 1.54) is 0 Å². The first-order valence-electron chi connectivity index (χ1n) is 12.3. The first-order chi connectivity index (χ1) is 17.5. The Hall–Kier alpha value is -4.25. The molecule has 4 aromatic rings. The summed E-state index contributed by atoms with van der Waals surface area (Å²) in [4.78, 5) is 13.2. The van der Waals surface area contributed by atoms with Crippen LogP contribution < -0.4 is 15.4 Å². The molecule has 2 heterocycles. The first-order valence-corrected chi connectivity index (χ1v) is 12.3. The molecule has 1 spiro atoms. The first kappa shape index (κ1) is 22.2. The minimum atomic E-state index is -1.09. The highest BCUT2D eigenvalue weighted by Crippen LogP contribution is 2.57. The summed E-state index contributed by atoms with van der Waals surface area (Å²) < 4.78 is 12.8. The molecule has 6 rings (SSSR count). The average Bonchev–Trinajstić information content (AvgIpc) is 3.17. The number of hydrogen-bond acceptors (Lipinski definition) is 5. The van der Waals surface area contributed by atoms with Gasteiger partial charge < -0.3 is 20.1 Å². The van der Waals surface area contributed by atoms with Crippen molar-refractivity contribution in [3.63, 3.8) is 0 Å². The van der Waals surface area contributed by atoms with Gasteiger partial charge in [-0.05, 0) is 60.9 Å². The molecule has 0 amide bonds. The number of aryl methyl sites for hydroxylation is 1. The van der Waals surface area contributed by atoms with Crippen LogP contribution in [-0.4, -0.2) is 12.5 Å². The number of nitrogens with one attached hydrogen (secondary N) is 2. The number of anilines is 3. The standard InChI is InChI=1S/C31H28N2O3/c1-19(2)18-32-22-13-14-25-29(16-22)35-28-15-20(3)27(33-21-9-5-4-6-10-21)17-26(28)31(25)24-12-8-7-11-23(24)30(34)36-31/h4-17,19,32-33H,18H2,1-3H3. The zero-order chi connectivity index (χ0) is 24.9. The summed E-state index contributed by atoms with van der Waals surface area (Å²) in [6.07, 6.45) is 0. The van der Waals surface area contributed by atoms with Gasteiger partial charge >= 0.3 is 5.97 Å². The van der Waals surface area contributed by atoms with Crippen LogP contribution in [0, 0.1) is 12.8 Å². The van der Waals surface area contributed by atoms with Gasteiger partial charge in [0.15, 0.2) is 5.60 Å². The van der Waals surface area contributed by atoms with E-state index in [1.807, 2.05) is 85.8 Å². The van der Waals surface area contributed by atoms with Gasteiger partial charge in [0.05, 0.1) is 5.56 Å². The molecular formula is C31H28N2O3. The second-order valence-electron chi connectivity index (χ2n) is 9.86. The number of rotatable bonds is 5. The molecule has 0 aliphatic carbocycles. The van der Waals surface area contributed by atoms with E-state index in [4.69, 9.17) is 9.47 Å². The molecule has 0 saturated carbocycles. The topological polar surface area (TPSA) is 59.6 Å². The van der Waals surface area contributed by atoms with E-state index in [0.717, 1.165) is 45.9 Å². The summed E-state index contributed by atoms with van der Waals surface area (Å²) in [6.45, 7) is 7.25. The Kier molecular flexibility index (Phi) is 5.22. The monoisotopic (exact) mass is 476 g/mol. The highest BCUT2D eigenvalue weighted by Gasteiger charge is 2.53. The van der Waals surface area contributed by atoms with Crippen LogP contribution in [0.5, 0.6) is 11.5 Å². The van der Waals surface area contributed by atoms with E-state index in [9.17, 15) is 4.79 Å². The lowest BCUT2D eigenvalue weighted by molar-refractivity contribution is 0.0224. The number of hydrogen-bond donors (Lipinski definition) is 2. The smallest absolute Gasteiger partial charge is 0.340 e. The van der Waals surface area contributed by atoms with E-state index in [2.05, 4.69) is 30.5 Å². The number of esters is 1. The number of para-hydroxylation sites is 1. The molecule has 0 bridgehead atoms. The van der Waals surface area contributed by atoms with Crippen molar-refractivity contribution in [2.75, 3.05) is 17.2 Å². The predicted molar refractivity (Wildman–Crippen MR) is 142 cm³/mol. The molecule has 5 heteroatoms. The molecule has 2 aliphatic heterocycles. The third kappa shape index (κ3) is 3.51. The van der Waals surface area contributed by atoms with Crippen LogP contribution in [0.4, 0.5) is 17.1 Å². The quantitative estimate of drug-likeness (QED) is 0.294. The third-order valence-electron chi connectivity index (χ3n) is 6.83. The SMILES string of the molecule is Cc1cc2c(cc1Nc1ccccc1)C1(OC(=O)c3ccccc31)c1ccc(NCC(C)C)cc1O2. The van der Waals surface area contributed by atoms with Gasteiger partial charge in [-0.1, -0.05) is 50.2 Å². The lowest BCUT2D eigenvalue weighted by Crippen LogP contribution is -2.33. The van der Waals surface area contributed by atoms with Crippen molar-refractivity contribution in [3.8, 4) is 11.5 Å². The van der Waals surface area contributed by atoms with Gasteiger partial charge in [-0.2, -0.15) is 0 Å². The van der Waals surface area contributed by atoms with Crippen LogP contribution in [0.3, 0.4) is 0 Å². The maximum atomic E-state index is 13.2. The van der Waals surface area contributed by atoms with Crippen molar-refractivity contribution < 1.29 is 14.3 Å². The summed E-state index contributed by atoms with van der Waals surface area (Å²) >= 11 is 0. The molecule has 180 valence electrons. The second kappa shape index (κ2) is 8.45. The summed E-state index contributed by atoms with van der Waals surface area (Å²) in [5, 5.41) is 6.99. The average molecular weight is 477 g/mol. The van der Waals surface area contributed by atoms with E-state index in [0.29, 0.717) is 23.0 Å². The van der Waals surface area contributed by atoms with Gasteiger partial charge in [0.1, 0.15) is 11.5 Å². The number of carbonyl (C=O) groups excluding carboxylic acids is 1. The molecule has 1 atom stereocenters. The molecule has 2 N–H and O–H groups in total. The van der Waals surface area contributed by atoms with Gasteiger partial charge in [0.2, 0.25) is 0 Å². The fraction of sp³-hybridized carbons (Fsp3) is 0.194. The highest BCUT2D eigenvalue weighted by atomic mass is 16.6. The Morgan fingerprint density at radius 3 is 2.36 bits per heavy atom. The summed E-state index contributed by atoms with van der Waals surface area (Å²) in [5.41, 5.74) is 5.86. The highest BCUT2D eigenvalue weighted by molar-refractivity contribution is 5.97. The van der Waals surface area contributed by atoms with Gasteiger partial charge in [-0.15, -0.1) is 0 Å². The molecular weight excluding hydrogens is 448 g/mol. The van der Waals surface area contributed by atoms with Crippen LogP contribution in [0.15, 0.2) is 84.9 Å². The summed E-state index contributed by atoms with van der Waals surface area (Å²) in [6, 6.07) is 27.8. The molecule has 36 heavy (non-hydrogen) atoms. The van der Waals surface area contributed by atoms with Crippen molar-refractivity contribution in [2.45, 2.75) is 26.4 Å². The molecule has 0 fully saturated rings. The fourth-order valence-electron chi connectivity index (χ4n) is 5.06. The molecule has 2 aliphatic rings. The Morgan fingerprint density at radius 1 is 0.806 bits per heavy atom. The Labute approximate surface area is 211 Å². The Bertz CT molecular complexity index is 1480. The zero-order valence-electron chi connectivity index (χ0n) is 20.6. The summed E-state index contributed by atoms with van der Waals surface area (Å²) in [7, 11) is 0. The van der Waals surface area contributed by atoms with E-state index >= 15 is 0 Å². The maximum Gasteiger partial charge on any atom is 0.340 e. The third-order valence-corrected chi connectivity index (χ3v) is 6.83. The molecule has 0 radical (unpaired) electrons. The van der Waals surface area contributed by atoms with Gasteiger partial charge in [0, 0.05) is 46.4 Å². The van der Waals surface area contributed by atoms with Crippen LogP contribution in [0.1, 0.15) is 46.5 Å². The number of fused-ring (bicyclic) bond motifs is 6. The molecule has 0 saturated heterocycles. The van der Waals surface area contributed by atoms with Crippen molar-refractivity contribution in [2.24, 2.45) is 5.92 Å². The van der Waals surface area contributed by atoms with E-state index in [1.54, 1.807) is 0 Å². The van der Waals surface area contributed by atoms with Crippen molar-refractivity contribution in [1.29, 1.82) is 0 Å². The van der Waals surface area contributed by atoms with Gasteiger partial charge in [-0.3, -0.25) is 0 Å². The Morgan fingerprint density at radius 2 is 1.56 bits per heavy atom. The fourth-order valence-corrected chi connectivity index (χ4v) is 5.06. The van der Waals surface area contributed by atoms with E-state index in [-0.39, 0.29) is 5.97 Å². The number of ether oxygens (including phenoxy) is 2. The van der Waals surface area contributed by atoms with Crippen molar-refractivity contribution >= 4 is 23.0 Å². The minimum Gasteiger partial charge on any atom is -0.456 e. The van der Waals surface area contributed by atoms with Gasteiger partial charge in [0.25, 0.3) is 0 Å². The number of carbonyl (C=O) groups is 1. The van der Waals surface area contributed by atoms with E-state index < -0.39 is 5.60 Å². The lowest BCUT2D eigenvalue weighted by atomic mass is 9.77. The predicted octanol–water partition coefficient (Wildman–Crippen LogP) is 7.37. The molecule has 5 nitrogen and oxygen atoms in total. The maximum absolute atomic E-state index is 13.2. The molecule has 4 aromatic carbocycles. The van der Waals surface area contributed by atoms with Crippen LogP contribution in [0.25, 0.3) is 0 Å². The zero-order valence-corrected chi connectivity index (χ0v) is 20.6. The number of benzene rings is 4. The van der Waals surface area contributed by atoms with Crippen LogP contribution in [0.2, 0.25) is 0 Å². The summed E-state index contributed by atoms with van der Waals surface area (Å²) in [5.74, 6) is 1.55.